The van der Waals surface area contributed by atoms with Crippen molar-refractivity contribution in [1.82, 2.24) is 10.2 Å². The number of nitrogens with two attached hydrogens (primary N) is 1. The van der Waals surface area contributed by atoms with Crippen LogP contribution in [0.2, 0.25) is 0 Å². The largest absolute Gasteiger partial charge is 0.368 e. The summed E-state index contributed by atoms with van der Waals surface area (Å²) in [4.78, 5) is 14.3. The fourth-order valence-corrected chi connectivity index (χ4v) is 3.14. The number of carbonyl (C=O) groups is 1. The van der Waals surface area contributed by atoms with Gasteiger partial charge >= 0.3 is 0 Å². The number of primary amides is 1. The zero-order chi connectivity index (χ0) is 14.5. The van der Waals surface area contributed by atoms with Crippen LogP contribution in [-0.4, -0.2) is 41.5 Å². The van der Waals surface area contributed by atoms with Gasteiger partial charge in [0.15, 0.2) is 0 Å². The van der Waals surface area contributed by atoms with Crippen molar-refractivity contribution in [3.63, 3.8) is 0 Å². The summed E-state index contributed by atoms with van der Waals surface area (Å²) in [5, 5.41) is 3.33. The van der Waals surface area contributed by atoms with Gasteiger partial charge in [-0.15, -0.1) is 0 Å². The Kier molecular flexibility index (Phi) is 6.27. The predicted molar refractivity (Wildman–Crippen MR) is 80.0 cm³/mol. The van der Waals surface area contributed by atoms with Crippen LogP contribution in [0.4, 0.5) is 0 Å². The SMILES string of the molecule is CCCNC(C)(CC(C)N1CCCCC1C)C(N)=O. The molecule has 0 aromatic heterocycles. The maximum Gasteiger partial charge on any atom is 0.237 e. The van der Waals surface area contributed by atoms with Crippen LogP contribution in [0, 0.1) is 0 Å². The number of piperidine rings is 1. The minimum Gasteiger partial charge on any atom is -0.368 e. The Hall–Kier alpha value is -0.610. The van der Waals surface area contributed by atoms with Gasteiger partial charge in [-0.05, 0) is 59.5 Å². The molecule has 1 saturated heterocycles. The molecule has 1 amide bonds. The van der Waals surface area contributed by atoms with Crippen molar-refractivity contribution in [2.75, 3.05) is 13.1 Å². The van der Waals surface area contributed by atoms with Crippen molar-refractivity contribution in [3.05, 3.63) is 0 Å². The van der Waals surface area contributed by atoms with Gasteiger partial charge in [-0.25, -0.2) is 0 Å². The van der Waals surface area contributed by atoms with E-state index in [1.165, 1.54) is 19.3 Å². The summed E-state index contributed by atoms with van der Waals surface area (Å²) in [7, 11) is 0. The quantitative estimate of drug-likeness (QED) is 0.742. The number of rotatable bonds is 7. The van der Waals surface area contributed by atoms with Crippen LogP contribution < -0.4 is 11.1 Å². The maximum atomic E-state index is 11.8. The molecule has 0 aliphatic carbocycles. The van der Waals surface area contributed by atoms with Crippen molar-refractivity contribution < 1.29 is 4.79 Å². The van der Waals surface area contributed by atoms with Crippen LogP contribution in [-0.2, 0) is 4.79 Å². The molecule has 112 valence electrons. The zero-order valence-electron chi connectivity index (χ0n) is 13.0. The number of likely N-dealkylation sites (tertiary alicyclic amines) is 1. The highest BCUT2D eigenvalue weighted by Crippen LogP contribution is 2.24. The van der Waals surface area contributed by atoms with Gasteiger partial charge in [-0.1, -0.05) is 13.3 Å². The van der Waals surface area contributed by atoms with Crippen molar-refractivity contribution in [2.24, 2.45) is 5.73 Å². The van der Waals surface area contributed by atoms with Crippen molar-refractivity contribution in [3.8, 4) is 0 Å². The molecule has 3 unspecified atom stereocenters. The molecule has 1 aliphatic heterocycles. The topological polar surface area (TPSA) is 58.4 Å². The van der Waals surface area contributed by atoms with E-state index in [4.69, 9.17) is 5.73 Å². The molecule has 0 aromatic carbocycles. The first kappa shape index (κ1) is 16.4. The average Bonchev–Trinajstić information content (AvgIpc) is 2.36. The van der Waals surface area contributed by atoms with Crippen molar-refractivity contribution in [2.45, 2.75) is 77.4 Å². The zero-order valence-corrected chi connectivity index (χ0v) is 13.0. The molecular weight excluding hydrogens is 238 g/mol. The Morgan fingerprint density at radius 3 is 2.74 bits per heavy atom. The van der Waals surface area contributed by atoms with Crippen LogP contribution in [0.5, 0.6) is 0 Å². The molecule has 4 nitrogen and oxygen atoms in total. The van der Waals surface area contributed by atoms with Gasteiger partial charge < -0.3 is 11.1 Å². The first-order valence-electron chi connectivity index (χ1n) is 7.71. The first-order valence-corrected chi connectivity index (χ1v) is 7.71. The Balaban J connectivity index is 2.64. The summed E-state index contributed by atoms with van der Waals surface area (Å²) in [5.74, 6) is -0.238. The van der Waals surface area contributed by atoms with E-state index in [0.29, 0.717) is 12.1 Å². The third kappa shape index (κ3) is 4.46. The van der Waals surface area contributed by atoms with Gasteiger partial charge in [0.2, 0.25) is 5.91 Å². The van der Waals surface area contributed by atoms with Crippen LogP contribution >= 0.6 is 0 Å². The van der Waals surface area contributed by atoms with Gasteiger partial charge in [-0.3, -0.25) is 9.69 Å². The molecule has 0 spiro atoms. The van der Waals surface area contributed by atoms with E-state index in [9.17, 15) is 4.79 Å². The molecule has 0 bridgehead atoms. The average molecular weight is 269 g/mol. The molecule has 3 N–H and O–H groups in total. The Morgan fingerprint density at radius 2 is 2.21 bits per heavy atom. The molecule has 0 radical (unpaired) electrons. The molecule has 0 aromatic rings. The van der Waals surface area contributed by atoms with Gasteiger partial charge in [-0.2, -0.15) is 0 Å². The lowest BCUT2D eigenvalue weighted by Crippen LogP contribution is -2.57. The summed E-state index contributed by atoms with van der Waals surface area (Å²) in [6, 6.07) is 1.00. The summed E-state index contributed by atoms with van der Waals surface area (Å²) >= 11 is 0. The third-order valence-corrected chi connectivity index (χ3v) is 4.43. The number of hydrogen-bond acceptors (Lipinski definition) is 3. The number of carbonyl (C=O) groups excluding carboxylic acids is 1. The Labute approximate surface area is 118 Å². The minimum atomic E-state index is -0.591. The lowest BCUT2D eigenvalue weighted by atomic mass is 9.90. The summed E-state index contributed by atoms with van der Waals surface area (Å²) in [6.45, 7) is 10.5. The van der Waals surface area contributed by atoms with E-state index >= 15 is 0 Å². The lowest BCUT2D eigenvalue weighted by molar-refractivity contribution is -0.124. The molecule has 4 heteroatoms. The van der Waals surface area contributed by atoms with Crippen molar-refractivity contribution >= 4 is 5.91 Å². The standard InChI is InChI=1S/C15H31N3O/c1-5-9-17-15(4,14(16)19)11-13(3)18-10-7-6-8-12(18)2/h12-13,17H,5-11H2,1-4H3,(H2,16,19). The first-order chi connectivity index (χ1) is 8.90. The van der Waals surface area contributed by atoms with Gasteiger partial charge in [0, 0.05) is 12.1 Å². The molecule has 1 rings (SSSR count). The Bertz CT molecular complexity index is 295. The summed E-state index contributed by atoms with van der Waals surface area (Å²) in [5.41, 5.74) is 5.01. The molecule has 19 heavy (non-hydrogen) atoms. The molecule has 1 heterocycles. The number of hydrogen-bond donors (Lipinski definition) is 2. The second kappa shape index (κ2) is 7.25. The molecule has 1 aliphatic rings. The second-order valence-electron chi connectivity index (χ2n) is 6.26. The predicted octanol–water partition coefficient (Wildman–Crippen LogP) is 1.88. The van der Waals surface area contributed by atoms with Gasteiger partial charge in [0.25, 0.3) is 0 Å². The number of amides is 1. The highest BCUT2D eigenvalue weighted by Gasteiger charge is 2.35. The fourth-order valence-electron chi connectivity index (χ4n) is 3.14. The highest BCUT2D eigenvalue weighted by atomic mass is 16.1. The lowest BCUT2D eigenvalue weighted by Gasteiger charge is -2.41. The van der Waals surface area contributed by atoms with E-state index in [2.05, 4.69) is 31.0 Å². The number of nitrogens with zero attached hydrogens (tertiary/aromatic N) is 1. The molecule has 1 fully saturated rings. The minimum absolute atomic E-state index is 0.238. The van der Waals surface area contributed by atoms with Crippen LogP contribution in [0.25, 0.3) is 0 Å². The second-order valence-corrected chi connectivity index (χ2v) is 6.26. The van der Waals surface area contributed by atoms with Crippen molar-refractivity contribution in [1.29, 1.82) is 0 Å². The Morgan fingerprint density at radius 1 is 1.53 bits per heavy atom. The molecule has 3 atom stereocenters. The van der Waals surface area contributed by atoms with E-state index < -0.39 is 5.54 Å². The fraction of sp³-hybridized carbons (Fsp3) is 0.933. The van der Waals surface area contributed by atoms with Crippen LogP contribution in [0.1, 0.15) is 59.8 Å². The maximum absolute atomic E-state index is 11.8. The monoisotopic (exact) mass is 269 g/mol. The third-order valence-electron chi connectivity index (χ3n) is 4.43. The number of nitrogens with one attached hydrogen (secondary N) is 1. The molecular formula is C15H31N3O. The highest BCUT2D eigenvalue weighted by molar-refractivity contribution is 5.84. The van der Waals surface area contributed by atoms with E-state index in [1.807, 2.05) is 6.92 Å². The summed E-state index contributed by atoms with van der Waals surface area (Å²) in [6.07, 6.45) is 5.65. The van der Waals surface area contributed by atoms with Gasteiger partial charge in [0.1, 0.15) is 0 Å². The van der Waals surface area contributed by atoms with E-state index in [0.717, 1.165) is 25.9 Å². The summed E-state index contributed by atoms with van der Waals surface area (Å²) < 4.78 is 0. The normalized spacial score (nSPS) is 25.8. The molecule has 0 saturated carbocycles. The van der Waals surface area contributed by atoms with Gasteiger partial charge in [0.05, 0.1) is 5.54 Å². The van der Waals surface area contributed by atoms with Crippen LogP contribution in [0.3, 0.4) is 0 Å². The van der Waals surface area contributed by atoms with Crippen LogP contribution in [0.15, 0.2) is 0 Å². The van der Waals surface area contributed by atoms with E-state index in [1.54, 1.807) is 0 Å². The van der Waals surface area contributed by atoms with E-state index in [-0.39, 0.29) is 5.91 Å². The smallest absolute Gasteiger partial charge is 0.237 e.